The van der Waals surface area contributed by atoms with Crippen LogP contribution in [-0.2, 0) is 9.59 Å². The van der Waals surface area contributed by atoms with Crippen LogP contribution < -0.4 is 0 Å². The van der Waals surface area contributed by atoms with Gasteiger partial charge in [0.05, 0.1) is 10.9 Å². The van der Waals surface area contributed by atoms with Gasteiger partial charge in [-0.25, -0.2) is 0 Å². The van der Waals surface area contributed by atoms with E-state index in [0.29, 0.717) is 17.1 Å². The van der Waals surface area contributed by atoms with Crippen molar-refractivity contribution in [2.24, 2.45) is 0 Å². The number of halogens is 1. The fourth-order valence-electron chi connectivity index (χ4n) is 3.75. The third kappa shape index (κ3) is 4.27. The van der Waals surface area contributed by atoms with Crippen molar-refractivity contribution in [3.63, 3.8) is 0 Å². The minimum atomic E-state index is -0.465. The summed E-state index contributed by atoms with van der Waals surface area (Å²) in [7, 11) is 0. The van der Waals surface area contributed by atoms with Gasteiger partial charge in [-0.05, 0) is 60.4 Å². The topological polar surface area (TPSA) is 70.6 Å². The van der Waals surface area contributed by atoms with Crippen molar-refractivity contribution in [2.75, 3.05) is 13.1 Å². The summed E-state index contributed by atoms with van der Waals surface area (Å²) in [4.78, 5) is 45.5. The predicted octanol–water partition coefficient (Wildman–Crippen LogP) is 4.53. The van der Waals surface area contributed by atoms with Crippen LogP contribution in [0.2, 0.25) is 5.02 Å². The number of rotatable bonds is 4. The van der Waals surface area contributed by atoms with Crippen LogP contribution in [0.15, 0.2) is 53.7 Å². The Morgan fingerprint density at radius 1 is 1.20 bits per heavy atom. The highest BCUT2D eigenvalue weighted by molar-refractivity contribution is 8.18. The standard InChI is InChI=1S/C22H20ClN3O3S/c23-17-8-2-1-6-15(17)12-19-21(28)26(22(29)30-19)14-20(27)25-11-4-3-9-18(25)16-7-5-10-24-13-16/h1-2,5-8,10,12-13,18H,3-4,9,11,14H2/b19-12+/t18-/m1/s1. The molecule has 30 heavy (non-hydrogen) atoms. The molecule has 2 saturated heterocycles. The second kappa shape index (κ2) is 9.02. The van der Waals surface area contributed by atoms with Gasteiger partial charge in [0, 0.05) is 24.0 Å². The zero-order valence-electron chi connectivity index (χ0n) is 16.2. The Morgan fingerprint density at radius 2 is 2.03 bits per heavy atom. The lowest BCUT2D eigenvalue weighted by atomic mass is 9.96. The highest BCUT2D eigenvalue weighted by Gasteiger charge is 2.38. The maximum Gasteiger partial charge on any atom is 0.294 e. The van der Waals surface area contributed by atoms with E-state index in [0.717, 1.165) is 41.5 Å². The molecule has 2 aliphatic heterocycles. The first kappa shape index (κ1) is 20.6. The quantitative estimate of drug-likeness (QED) is 0.652. The van der Waals surface area contributed by atoms with Gasteiger partial charge in [-0.15, -0.1) is 0 Å². The van der Waals surface area contributed by atoms with Gasteiger partial charge in [-0.1, -0.05) is 35.9 Å². The summed E-state index contributed by atoms with van der Waals surface area (Å²) in [5.74, 6) is -0.696. The molecule has 0 spiro atoms. The number of hydrogen-bond acceptors (Lipinski definition) is 5. The molecule has 0 aliphatic carbocycles. The number of carbonyl (C=O) groups excluding carboxylic acids is 3. The molecule has 6 nitrogen and oxygen atoms in total. The summed E-state index contributed by atoms with van der Waals surface area (Å²) in [6.07, 6.45) is 7.82. The van der Waals surface area contributed by atoms with Gasteiger partial charge in [0.1, 0.15) is 6.54 Å². The van der Waals surface area contributed by atoms with Crippen molar-refractivity contribution < 1.29 is 14.4 Å². The molecular weight excluding hydrogens is 422 g/mol. The summed E-state index contributed by atoms with van der Waals surface area (Å²) in [6, 6.07) is 10.8. The van der Waals surface area contributed by atoms with Crippen LogP contribution in [0.1, 0.15) is 36.4 Å². The number of aromatic nitrogens is 1. The molecule has 2 fully saturated rings. The first-order chi connectivity index (χ1) is 14.5. The van der Waals surface area contributed by atoms with E-state index in [1.54, 1.807) is 47.6 Å². The number of carbonyl (C=O) groups is 3. The van der Waals surface area contributed by atoms with Crippen molar-refractivity contribution in [2.45, 2.75) is 25.3 Å². The molecule has 2 aliphatic rings. The minimum absolute atomic E-state index is 0.0847. The van der Waals surface area contributed by atoms with E-state index in [2.05, 4.69) is 4.98 Å². The number of benzene rings is 1. The highest BCUT2D eigenvalue weighted by Crippen LogP contribution is 2.35. The Balaban J connectivity index is 1.50. The van der Waals surface area contributed by atoms with Gasteiger partial charge >= 0.3 is 0 Å². The number of piperidine rings is 1. The number of amides is 3. The molecule has 1 aromatic carbocycles. The summed E-state index contributed by atoms with van der Waals surface area (Å²) in [5, 5.41) is 0.0506. The van der Waals surface area contributed by atoms with Gasteiger partial charge < -0.3 is 4.90 Å². The van der Waals surface area contributed by atoms with Crippen LogP contribution in [0.5, 0.6) is 0 Å². The molecule has 1 aromatic heterocycles. The monoisotopic (exact) mass is 441 g/mol. The van der Waals surface area contributed by atoms with Crippen LogP contribution >= 0.6 is 23.4 Å². The first-order valence-electron chi connectivity index (χ1n) is 9.74. The third-order valence-electron chi connectivity index (χ3n) is 5.25. The van der Waals surface area contributed by atoms with Crippen LogP contribution in [-0.4, -0.2) is 44.9 Å². The lowest BCUT2D eigenvalue weighted by Crippen LogP contribution is -2.45. The minimum Gasteiger partial charge on any atom is -0.334 e. The van der Waals surface area contributed by atoms with Crippen molar-refractivity contribution in [3.05, 3.63) is 69.8 Å². The number of pyridine rings is 1. The highest BCUT2D eigenvalue weighted by atomic mass is 35.5. The number of nitrogens with zero attached hydrogens (tertiary/aromatic N) is 3. The van der Waals surface area contributed by atoms with Gasteiger partial charge in [0.15, 0.2) is 0 Å². The van der Waals surface area contributed by atoms with Crippen molar-refractivity contribution >= 4 is 46.5 Å². The average Bonchev–Trinajstić information content (AvgIpc) is 3.03. The fraction of sp³-hybridized carbons (Fsp3) is 0.273. The summed E-state index contributed by atoms with van der Waals surface area (Å²) < 4.78 is 0. The average molecular weight is 442 g/mol. The number of imide groups is 1. The molecule has 0 saturated carbocycles. The smallest absolute Gasteiger partial charge is 0.294 e. The molecule has 0 radical (unpaired) electrons. The molecule has 3 amide bonds. The van der Waals surface area contributed by atoms with E-state index in [1.807, 2.05) is 12.1 Å². The van der Waals surface area contributed by atoms with E-state index in [9.17, 15) is 14.4 Å². The molecule has 154 valence electrons. The maximum absolute atomic E-state index is 13.1. The summed E-state index contributed by atoms with van der Waals surface area (Å²) in [5.41, 5.74) is 1.63. The molecular formula is C22H20ClN3O3S. The number of thioether (sulfide) groups is 1. The first-order valence-corrected chi connectivity index (χ1v) is 10.9. The molecule has 0 N–H and O–H groups in total. The van der Waals surface area contributed by atoms with Crippen LogP contribution in [0.25, 0.3) is 6.08 Å². The Labute approximate surface area is 183 Å². The van der Waals surface area contributed by atoms with E-state index in [-0.39, 0.29) is 23.4 Å². The molecule has 3 heterocycles. The molecule has 1 atom stereocenters. The molecule has 0 unspecified atom stereocenters. The van der Waals surface area contributed by atoms with Crippen molar-refractivity contribution in [1.29, 1.82) is 0 Å². The van der Waals surface area contributed by atoms with Crippen LogP contribution in [0.3, 0.4) is 0 Å². The Bertz CT molecular complexity index is 1010. The van der Waals surface area contributed by atoms with E-state index < -0.39 is 11.1 Å². The van der Waals surface area contributed by atoms with E-state index >= 15 is 0 Å². The van der Waals surface area contributed by atoms with Gasteiger partial charge in [0.2, 0.25) is 5.91 Å². The number of hydrogen-bond donors (Lipinski definition) is 0. The normalized spacial score (nSPS) is 20.8. The molecule has 2 aromatic rings. The van der Waals surface area contributed by atoms with Crippen LogP contribution in [0.4, 0.5) is 4.79 Å². The lowest BCUT2D eigenvalue weighted by molar-refractivity contribution is -0.138. The van der Waals surface area contributed by atoms with Gasteiger partial charge in [-0.3, -0.25) is 24.3 Å². The lowest BCUT2D eigenvalue weighted by Gasteiger charge is -2.36. The van der Waals surface area contributed by atoms with Gasteiger partial charge in [0.25, 0.3) is 11.1 Å². The summed E-state index contributed by atoms with van der Waals surface area (Å²) in [6.45, 7) is 0.339. The SMILES string of the molecule is O=C1S/C(=C/c2ccccc2Cl)C(=O)N1CC(=O)N1CCCC[C@@H]1c1cccnc1. The second-order valence-electron chi connectivity index (χ2n) is 7.17. The van der Waals surface area contributed by atoms with E-state index in [1.165, 1.54) is 0 Å². The third-order valence-corrected chi connectivity index (χ3v) is 6.50. The van der Waals surface area contributed by atoms with Crippen molar-refractivity contribution in [1.82, 2.24) is 14.8 Å². The zero-order chi connectivity index (χ0) is 21.1. The van der Waals surface area contributed by atoms with Crippen LogP contribution in [0, 0.1) is 0 Å². The van der Waals surface area contributed by atoms with Crippen molar-refractivity contribution in [3.8, 4) is 0 Å². The number of likely N-dealkylation sites (tertiary alicyclic amines) is 1. The Hall–Kier alpha value is -2.64. The predicted molar refractivity (Wildman–Crippen MR) is 117 cm³/mol. The summed E-state index contributed by atoms with van der Waals surface area (Å²) >= 11 is 6.98. The second-order valence-corrected chi connectivity index (χ2v) is 8.57. The fourth-order valence-corrected chi connectivity index (χ4v) is 4.76. The van der Waals surface area contributed by atoms with Gasteiger partial charge in [-0.2, -0.15) is 0 Å². The largest absolute Gasteiger partial charge is 0.334 e. The maximum atomic E-state index is 13.1. The molecule has 8 heteroatoms. The molecule has 4 rings (SSSR count). The van der Waals surface area contributed by atoms with E-state index in [4.69, 9.17) is 11.6 Å². The zero-order valence-corrected chi connectivity index (χ0v) is 17.7. The molecule has 0 bridgehead atoms. The Morgan fingerprint density at radius 3 is 2.80 bits per heavy atom. The Kier molecular flexibility index (Phi) is 6.20.